The molecule has 0 spiro atoms. The fourth-order valence-electron chi connectivity index (χ4n) is 2.59. The Balaban J connectivity index is 2.21. The summed E-state index contributed by atoms with van der Waals surface area (Å²) in [6, 6.07) is 9.53. The lowest BCUT2D eigenvalue weighted by Gasteiger charge is -2.32. The summed E-state index contributed by atoms with van der Waals surface area (Å²) in [7, 11) is 2.07. The van der Waals surface area contributed by atoms with E-state index in [9.17, 15) is 4.39 Å². The molecule has 0 N–H and O–H groups in total. The fraction of sp³-hybridized carbons (Fsp3) is 0.533. The second-order valence-electron chi connectivity index (χ2n) is 5.26. The molecule has 1 fully saturated rings. The number of nitrogens with zero attached hydrogens (tertiary/aromatic N) is 3. The van der Waals surface area contributed by atoms with Gasteiger partial charge in [-0.1, -0.05) is 0 Å². The third-order valence-corrected chi connectivity index (χ3v) is 3.95. The molecular weight excluding hydrogens is 241 g/mol. The molecular formula is C15H20FN3. The molecule has 19 heavy (non-hydrogen) atoms. The summed E-state index contributed by atoms with van der Waals surface area (Å²) < 4.78 is 13.0. The summed E-state index contributed by atoms with van der Waals surface area (Å²) in [6.45, 7) is 3.99. The largest absolute Gasteiger partial charge is 0.367 e. The Hall–Kier alpha value is -1.60. The monoisotopic (exact) mass is 261 g/mol. The minimum atomic E-state index is -0.211. The molecule has 1 saturated heterocycles. The van der Waals surface area contributed by atoms with E-state index in [0.29, 0.717) is 12.5 Å². The van der Waals surface area contributed by atoms with Gasteiger partial charge in [-0.25, -0.2) is 4.39 Å². The van der Waals surface area contributed by atoms with Gasteiger partial charge < -0.3 is 9.80 Å². The molecule has 1 aliphatic rings. The number of hydrogen-bond acceptors (Lipinski definition) is 3. The van der Waals surface area contributed by atoms with Crippen molar-refractivity contribution in [2.24, 2.45) is 0 Å². The first-order valence-electron chi connectivity index (χ1n) is 6.71. The van der Waals surface area contributed by atoms with Gasteiger partial charge in [0.15, 0.2) is 0 Å². The van der Waals surface area contributed by atoms with Crippen LogP contribution in [-0.2, 0) is 0 Å². The van der Waals surface area contributed by atoms with Gasteiger partial charge >= 0.3 is 0 Å². The zero-order chi connectivity index (χ0) is 13.8. The van der Waals surface area contributed by atoms with Crippen molar-refractivity contribution in [3.8, 4) is 6.07 Å². The SMILES string of the molecule is CC1CCN(C)C(CC#N)CN1c1ccc(F)cc1. The van der Waals surface area contributed by atoms with Crippen LogP contribution in [0, 0.1) is 17.1 Å². The fourth-order valence-corrected chi connectivity index (χ4v) is 2.59. The molecule has 0 aliphatic carbocycles. The minimum absolute atomic E-state index is 0.211. The van der Waals surface area contributed by atoms with Gasteiger partial charge in [-0.3, -0.25) is 0 Å². The summed E-state index contributed by atoms with van der Waals surface area (Å²) in [5, 5.41) is 8.94. The number of hydrogen-bond donors (Lipinski definition) is 0. The Morgan fingerprint density at radius 3 is 2.68 bits per heavy atom. The van der Waals surface area contributed by atoms with E-state index in [1.54, 1.807) is 0 Å². The molecule has 2 atom stereocenters. The molecule has 3 nitrogen and oxygen atoms in total. The Kier molecular flexibility index (Phi) is 4.39. The lowest BCUT2D eigenvalue weighted by Crippen LogP contribution is -2.40. The van der Waals surface area contributed by atoms with Gasteiger partial charge in [0.05, 0.1) is 12.5 Å². The Morgan fingerprint density at radius 2 is 2.05 bits per heavy atom. The van der Waals surface area contributed by atoms with E-state index >= 15 is 0 Å². The molecule has 1 aliphatic heterocycles. The van der Waals surface area contributed by atoms with Gasteiger partial charge in [0.1, 0.15) is 5.82 Å². The highest BCUT2D eigenvalue weighted by Gasteiger charge is 2.26. The van der Waals surface area contributed by atoms with Crippen molar-refractivity contribution in [1.82, 2.24) is 4.90 Å². The highest BCUT2D eigenvalue weighted by Crippen LogP contribution is 2.23. The quantitative estimate of drug-likeness (QED) is 0.820. The molecule has 0 bridgehead atoms. The maximum atomic E-state index is 13.0. The summed E-state index contributed by atoms with van der Waals surface area (Å²) in [4.78, 5) is 4.54. The Bertz CT molecular complexity index is 451. The second-order valence-corrected chi connectivity index (χ2v) is 5.26. The number of anilines is 1. The van der Waals surface area contributed by atoms with Crippen LogP contribution < -0.4 is 4.90 Å². The predicted octanol–water partition coefficient (Wildman–Crippen LogP) is 2.64. The molecule has 2 unspecified atom stereocenters. The molecule has 1 aromatic carbocycles. The molecule has 0 amide bonds. The van der Waals surface area contributed by atoms with Crippen LogP contribution in [0.2, 0.25) is 0 Å². The molecule has 102 valence electrons. The van der Waals surface area contributed by atoms with Crippen molar-refractivity contribution < 1.29 is 4.39 Å². The molecule has 0 aromatic heterocycles. The zero-order valence-corrected chi connectivity index (χ0v) is 11.5. The van der Waals surface area contributed by atoms with Gasteiger partial charge in [-0.2, -0.15) is 5.26 Å². The highest BCUT2D eigenvalue weighted by atomic mass is 19.1. The van der Waals surface area contributed by atoms with Crippen molar-refractivity contribution >= 4 is 5.69 Å². The first kappa shape index (κ1) is 13.8. The van der Waals surface area contributed by atoms with E-state index < -0.39 is 0 Å². The van der Waals surface area contributed by atoms with Gasteiger partial charge in [0, 0.05) is 30.9 Å². The molecule has 0 saturated carbocycles. The summed E-state index contributed by atoms with van der Waals surface area (Å²) in [6.07, 6.45) is 1.58. The maximum absolute atomic E-state index is 13.0. The van der Waals surface area contributed by atoms with Gasteiger partial charge in [-0.05, 0) is 44.7 Å². The Labute approximate surface area is 114 Å². The second kappa shape index (κ2) is 6.03. The van der Waals surface area contributed by atoms with E-state index in [1.165, 1.54) is 12.1 Å². The van der Waals surface area contributed by atoms with Crippen LogP contribution in [0.15, 0.2) is 24.3 Å². The number of rotatable bonds is 2. The van der Waals surface area contributed by atoms with Crippen molar-refractivity contribution in [2.45, 2.75) is 31.8 Å². The van der Waals surface area contributed by atoms with Crippen LogP contribution in [0.25, 0.3) is 0 Å². The number of nitriles is 1. The topological polar surface area (TPSA) is 30.3 Å². The van der Waals surface area contributed by atoms with Crippen LogP contribution >= 0.6 is 0 Å². The van der Waals surface area contributed by atoms with Crippen LogP contribution in [-0.4, -0.2) is 37.1 Å². The number of halogens is 1. The standard InChI is InChI=1S/C15H20FN3/c1-12-8-10-18(2)15(7-9-17)11-19(12)14-5-3-13(16)4-6-14/h3-6,12,15H,7-8,10-11H2,1-2H3. The van der Waals surface area contributed by atoms with Gasteiger partial charge in [0.25, 0.3) is 0 Å². The van der Waals surface area contributed by atoms with Crippen molar-refractivity contribution in [2.75, 3.05) is 25.0 Å². The van der Waals surface area contributed by atoms with E-state index in [0.717, 1.165) is 25.2 Å². The average Bonchev–Trinajstić information content (AvgIpc) is 2.54. The summed E-state index contributed by atoms with van der Waals surface area (Å²) in [5.41, 5.74) is 1.03. The first-order valence-corrected chi connectivity index (χ1v) is 6.71. The number of benzene rings is 1. The predicted molar refractivity (Wildman–Crippen MR) is 74.5 cm³/mol. The van der Waals surface area contributed by atoms with Gasteiger partial charge in [0.2, 0.25) is 0 Å². The van der Waals surface area contributed by atoms with E-state index in [1.807, 2.05) is 12.1 Å². The van der Waals surface area contributed by atoms with Crippen molar-refractivity contribution in [1.29, 1.82) is 5.26 Å². The minimum Gasteiger partial charge on any atom is -0.367 e. The Morgan fingerprint density at radius 1 is 1.37 bits per heavy atom. The third-order valence-electron chi connectivity index (χ3n) is 3.95. The van der Waals surface area contributed by atoms with E-state index in [4.69, 9.17) is 5.26 Å². The smallest absolute Gasteiger partial charge is 0.123 e. The number of likely N-dealkylation sites (N-methyl/N-ethyl adjacent to an activating group) is 1. The van der Waals surface area contributed by atoms with Crippen LogP contribution in [0.5, 0.6) is 0 Å². The average molecular weight is 261 g/mol. The first-order chi connectivity index (χ1) is 9.11. The van der Waals surface area contributed by atoms with Crippen molar-refractivity contribution in [3.05, 3.63) is 30.1 Å². The van der Waals surface area contributed by atoms with Crippen molar-refractivity contribution in [3.63, 3.8) is 0 Å². The van der Waals surface area contributed by atoms with Gasteiger partial charge in [-0.15, -0.1) is 0 Å². The highest BCUT2D eigenvalue weighted by molar-refractivity contribution is 5.47. The molecule has 2 rings (SSSR count). The molecule has 4 heteroatoms. The summed E-state index contributed by atoms with van der Waals surface area (Å²) in [5.74, 6) is -0.211. The lowest BCUT2D eigenvalue weighted by molar-refractivity contribution is 0.263. The van der Waals surface area contributed by atoms with Crippen LogP contribution in [0.4, 0.5) is 10.1 Å². The third kappa shape index (κ3) is 3.24. The maximum Gasteiger partial charge on any atom is 0.123 e. The van der Waals surface area contributed by atoms with E-state index in [2.05, 4.69) is 29.8 Å². The summed E-state index contributed by atoms with van der Waals surface area (Å²) >= 11 is 0. The van der Waals surface area contributed by atoms with Crippen LogP contribution in [0.3, 0.4) is 0 Å². The normalized spacial score (nSPS) is 24.8. The van der Waals surface area contributed by atoms with E-state index in [-0.39, 0.29) is 11.9 Å². The lowest BCUT2D eigenvalue weighted by atomic mass is 10.1. The zero-order valence-electron chi connectivity index (χ0n) is 11.5. The van der Waals surface area contributed by atoms with Crippen LogP contribution in [0.1, 0.15) is 19.8 Å². The molecule has 1 heterocycles. The molecule has 1 aromatic rings. The molecule has 0 radical (unpaired) electrons.